The fourth-order valence-electron chi connectivity index (χ4n) is 3.56. The van der Waals surface area contributed by atoms with E-state index in [0.29, 0.717) is 0 Å². The third-order valence-corrected chi connectivity index (χ3v) is 4.96. The molecule has 0 spiro atoms. The van der Waals surface area contributed by atoms with Gasteiger partial charge in [-0.1, -0.05) is 25.5 Å². The van der Waals surface area contributed by atoms with Gasteiger partial charge in [0.1, 0.15) is 0 Å². The summed E-state index contributed by atoms with van der Waals surface area (Å²) in [5.41, 5.74) is 4.18. The number of rotatable bonds is 5. The molecule has 0 aliphatic heterocycles. The lowest BCUT2D eigenvalue weighted by Gasteiger charge is -2.36. The van der Waals surface area contributed by atoms with E-state index >= 15 is 0 Å². The highest BCUT2D eigenvalue weighted by atomic mass is 15.1. The van der Waals surface area contributed by atoms with Crippen molar-refractivity contribution in [2.45, 2.75) is 58.5 Å². The third-order valence-electron chi connectivity index (χ3n) is 4.96. The molecular formula is C18H30N2. The average molecular weight is 274 g/mol. The standard InChI is InChI=1S/C18H30N2/c1-5-15-6-9-17(10-7-15)20(4)18-11-8-16(13-19-3)12-14(18)2/h8,11-12,15,17,19H,5-7,9-10,13H2,1-4H3. The first kappa shape index (κ1) is 15.4. The van der Waals surface area contributed by atoms with Gasteiger partial charge in [0.25, 0.3) is 0 Å². The summed E-state index contributed by atoms with van der Waals surface area (Å²) < 4.78 is 0. The van der Waals surface area contributed by atoms with Gasteiger partial charge in [0.05, 0.1) is 0 Å². The first-order valence-corrected chi connectivity index (χ1v) is 8.12. The van der Waals surface area contributed by atoms with Crippen LogP contribution in [0.4, 0.5) is 5.69 Å². The predicted molar refractivity (Wildman–Crippen MR) is 88.4 cm³/mol. The highest BCUT2D eigenvalue weighted by molar-refractivity contribution is 5.54. The maximum Gasteiger partial charge on any atom is 0.0396 e. The van der Waals surface area contributed by atoms with Crippen LogP contribution in [0.1, 0.15) is 50.2 Å². The first-order chi connectivity index (χ1) is 9.65. The van der Waals surface area contributed by atoms with Crippen molar-refractivity contribution in [3.8, 4) is 0 Å². The molecule has 1 aliphatic rings. The highest BCUT2D eigenvalue weighted by Gasteiger charge is 2.23. The SMILES string of the molecule is CCC1CCC(N(C)c2ccc(CNC)cc2C)CC1. The maximum atomic E-state index is 3.22. The molecule has 1 aliphatic carbocycles. The summed E-state index contributed by atoms with van der Waals surface area (Å²) in [6.07, 6.45) is 6.87. The summed E-state index contributed by atoms with van der Waals surface area (Å²) in [5, 5.41) is 3.22. The zero-order chi connectivity index (χ0) is 14.5. The van der Waals surface area contributed by atoms with E-state index in [0.717, 1.165) is 18.5 Å². The Kier molecular flexibility index (Phi) is 5.47. The van der Waals surface area contributed by atoms with E-state index in [4.69, 9.17) is 0 Å². The monoisotopic (exact) mass is 274 g/mol. The molecule has 2 heteroatoms. The zero-order valence-electron chi connectivity index (χ0n) is 13.6. The molecule has 2 rings (SSSR count). The van der Waals surface area contributed by atoms with Crippen molar-refractivity contribution in [1.29, 1.82) is 0 Å². The van der Waals surface area contributed by atoms with Gasteiger partial charge in [-0.25, -0.2) is 0 Å². The normalized spacial score (nSPS) is 22.8. The fraction of sp³-hybridized carbons (Fsp3) is 0.667. The molecule has 0 unspecified atom stereocenters. The van der Waals surface area contributed by atoms with Crippen molar-refractivity contribution >= 4 is 5.69 Å². The highest BCUT2D eigenvalue weighted by Crippen LogP contribution is 2.32. The van der Waals surface area contributed by atoms with E-state index in [-0.39, 0.29) is 0 Å². The van der Waals surface area contributed by atoms with Gasteiger partial charge < -0.3 is 10.2 Å². The summed E-state index contributed by atoms with van der Waals surface area (Å²) in [7, 11) is 4.28. The molecule has 112 valence electrons. The van der Waals surface area contributed by atoms with E-state index < -0.39 is 0 Å². The molecule has 1 aromatic carbocycles. The third kappa shape index (κ3) is 3.54. The Hall–Kier alpha value is -1.02. The van der Waals surface area contributed by atoms with E-state index in [9.17, 15) is 0 Å². The van der Waals surface area contributed by atoms with Crippen LogP contribution >= 0.6 is 0 Å². The van der Waals surface area contributed by atoms with E-state index in [1.165, 1.54) is 48.9 Å². The Bertz CT molecular complexity index is 419. The molecule has 0 saturated heterocycles. The summed E-state index contributed by atoms with van der Waals surface area (Å²) in [6.45, 7) is 5.52. The molecule has 0 aromatic heterocycles. The Morgan fingerprint density at radius 2 is 1.90 bits per heavy atom. The van der Waals surface area contributed by atoms with E-state index in [1.54, 1.807) is 0 Å². The Morgan fingerprint density at radius 1 is 1.20 bits per heavy atom. The minimum absolute atomic E-state index is 0.728. The second kappa shape index (κ2) is 7.12. The van der Waals surface area contributed by atoms with Crippen molar-refractivity contribution < 1.29 is 0 Å². The molecule has 1 N–H and O–H groups in total. The molecule has 0 bridgehead atoms. The molecule has 0 heterocycles. The lowest BCUT2D eigenvalue weighted by atomic mass is 9.84. The van der Waals surface area contributed by atoms with Crippen LogP contribution < -0.4 is 10.2 Å². The Morgan fingerprint density at radius 3 is 2.45 bits per heavy atom. The van der Waals surface area contributed by atoms with Crippen molar-refractivity contribution in [3.63, 3.8) is 0 Å². The first-order valence-electron chi connectivity index (χ1n) is 8.12. The van der Waals surface area contributed by atoms with E-state index in [1.807, 2.05) is 7.05 Å². The Labute approximate surface area is 124 Å². The van der Waals surface area contributed by atoms with Crippen molar-refractivity contribution in [2.75, 3.05) is 19.0 Å². The molecule has 1 aromatic rings. The van der Waals surface area contributed by atoms with Gasteiger partial charge in [0.2, 0.25) is 0 Å². The second-order valence-corrected chi connectivity index (χ2v) is 6.34. The number of aryl methyl sites for hydroxylation is 1. The predicted octanol–water partition coefficient (Wildman–Crippen LogP) is 4.12. The number of benzene rings is 1. The van der Waals surface area contributed by atoms with Crippen LogP contribution in [0, 0.1) is 12.8 Å². The number of hydrogen-bond donors (Lipinski definition) is 1. The number of hydrogen-bond acceptors (Lipinski definition) is 2. The van der Waals surface area contributed by atoms with Gasteiger partial charge in [0, 0.05) is 25.3 Å². The van der Waals surface area contributed by atoms with Gasteiger partial charge in [0.15, 0.2) is 0 Å². The van der Waals surface area contributed by atoms with Gasteiger partial charge in [-0.2, -0.15) is 0 Å². The largest absolute Gasteiger partial charge is 0.371 e. The van der Waals surface area contributed by atoms with Gasteiger partial charge >= 0.3 is 0 Å². The number of nitrogens with one attached hydrogen (secondary N) is 1. The summed E-state index contributed by atoms with van der Waals surface area (Å²) >= 11 is 0. The lowest BCUT2D eigenvalue weighted by molar-refractivity contribution is 0.313. The average Bonchev–Trinajstić information content (AvgIpc) is 2.47. The number of anilines is 1. The van der Waals surface area contributed by atoms with Gasteiger partial charge in [-0.15, -0.1) is 0 Å². The molecule has 20 heavy (non-hydrogen) atoms. The molecule has 0 atom stereocenters. The van der Waals surface area contributed by atoms with Crippen molar-refractivity contribution in [2.24, 2.45) is 5.92 Å². The molecule has 0 radical (unpaired) electrons. The van der Waals surface area contributed by atoms with Crippen LogP contribution in [-0.2, 0) is 6.54 Å². The van der Waals surface area contributed by atoms with Gasteiger partial charge in [-0.05, 0) is 62.8 Å². The minimum atomic E-state index is 0.728. The molecule has 1 fully saturated rings. The van der Waals surface area contributed by atoms with Crippen LogP contribution in [-0.4, -0.2) is 20.1 Å². The number of nitrogens with zero attached hydrogens (tertiary/aromatic N) is 1. The summed E-state index contributed by atoms with van der Waals surface area (Å²) in [6, 6.07) is 7.60. The summed E-state index contributed by atoms with van der Waals surface area (Å²) in [4.78, 5) is 2.52. The molecular weight excluding hydrogens is 244 g/mol. The zero-order valence-corrected chi connectivity index (χ0v) is 13.6. The lowest BCUT2D eigenvalue weighted by Crippen LogP contribution is -2.35. The van der Waals surface area contributed by atoms with Crippen LogP contribution in [0.2, 0.25) is 0 Å². The van der Waals surface area contributed by atoms with E-state index in [2.05, 4.69) is 49.3 Å². The summed E-state index contributed by atoms with van der Waals surface area (Å²) in [5.74, 6) is 0.971. The molecule has 0 amide bonds. The maximum absolute atomic E-state index is 3.22. The van der Waals surface area contributed by atoms with Crippen LogP contribution in [0.25, 0.3) is 0 Å². The van der Waals surface area contributed by atoms with Crippen LogP contribution in [0.5, 0.6) is 0 Å². The van der Waals surface area contributed by atoms with Crippen LogP contribution in [0.3, 0.4) is 0 Å². The fourth-order valence-corrected chi connectivity index (χ4v) is 3.56. The molecule has 1 saturated carbocycles. The van der Waals surface area contributed by atoms with Crippen LogP contribution in [0.15, 0.2) is 18.2 Å². The quantitative estimate of drug-likeness (QED) is 0.869. The topological polar surface area (TPSA) is 15.3 Å². The smallest absolute Gasteiger partial charge is 0.0396 e. The molecule has 2 nitrogen and oxygen atoms in total. The van der Waals surface area contributed by atoms with Crippen molar-refractivity contribution in [1.82, 2.24) is 5.32 Å². The van der Waals surface area contributed by atoms with Crippen molar-refractivity contribution in [3.05, 3.63) is 29.3 Å². The second-order valence-electron chi connectivity index (χ2n) is 6.34. The van der Waals surface area contributed by atoms with Gasteiger partial charge in [-0.3, -0.25) is 0 Å². The Balaban J connectivity index is 2.03. The minimum Gasteiger partial charge on any atom is -0.371 e.